The van der Waals surface area contributed by atoms with Crippen LogP contribution in [0, 0.1) is 5.82 Å². The Balaban J connectivity index is 1.67. The second kappa shape index (κ2) is 8.82. The maximum atomic E-state index is 13.5. The van der Waals surface area contributed by atoms with Crippen molar-refractivity contribution in [3.05, 3.63) is 77.1 Å². The Labute approximate surface area is 162 Å². The van der Waals surface area contributed by atoms with Gasteiger partial charge in [0.15, 0.2) is 6.61 Å². The number of aliphatic hydroxyl groups is 2. The van der Waals surface area contributed by atoms with Crippen LogP contribution in [0.15, 0.2) is 54.6 Å². The molecule has 1 amide bonds. The maximum absolute atomic E-state index is 13.5. The molecular formula is C22H22FNO4. The Kier molecular flexibility index (Phi) is 6.23. The minimum absolute atomic E-state index is 0.125. The highest BCUT2D eigenvalue weighted by Crippen LogP contribution is 2.26. The number of hydrogen-bond acceptors (Lipinski definition) is 4. The van der Waals surface area contributed by atoms with E-state index in [1.54, 1.807) is 0 Å². The molecule has 3 aromatic carbocycles. The van der Waals surface area contributed by atoms with Crippen LogP contribution in [0.4, 0.5) is 4.39 Å². The summed E-state index contributed by atoms with van der Waals surface area (Å²) < 4.78 is 19.0. The van der Waals surface area contributed by atoms with E-state index in [0.29, 0.717) is 0 Å². The van der Waals surface area contributed by atoms with Crippen LogP contribution >= 0.6 is 0 Å². The average Bonchev–Trinajstić information content (AvgIpc) is 2.71. The van der Waals surface area contributed by atoms with E-state index < -0.39 is 19.0 Å². The molecule has 0 aliphatic rings. The van der Waals surface area contributed by atoms with Crippen LogP contribution in [0.2, 0.25) is 0 Å². The van der Waals surface area contributed by atoms with Gasteiger partial charge in [-0.3, -0.25) is 4.79 Å². The second-order valence-electron chi connectivity index (χ2n) is 6.55. The molecule has 6 heteroatoms. The molecule has 0 saturated heterocycles. The molecule has 0 radical (unpaired) electrons. The van der Waals surface area contributed by atoms with Crippen molar-refractivity contribution in [2.24, 2.45) is 0 Å². The van der Waals surface area contributed by atoms with Crippen LogP contribution < -0.4 is 10.1 Å². The van der Waals surface area contributed by atoms with Crippen molar-refractivity contribution in [3.8, 4) is 5.75 Å². The van der Waals surface area contributed by atoms with Crippen molar-refractivity contribution >= 4 is 16.7 Å². The van der Waals surface area contributed by atoms with Gasteiger partial charge in [0.25, 0.3) is 5.91 Å². The minimum atomic E-state index is -0.588. The summed E-state index contributed by atoms with van der Waals surface area (Å²) in [6.45, 7) is 0.631. The zero-order valence-corrected chi connectivity index (χ0v) is 15.5. The fourth-order valence-electron chi connectivity index (χ4n) is 3.11. The van der Waals surface area contributed by atoms with Gasteiger partial charge in [-0.1, -0.05) is 36.4 Å². The fourth-order valence-corrected chi connectivity index (χ4v) is 3.11. The van der Waals surface area contributed by atoms with Crippen molar-refractivity contribution in [3.63, 3.8) is 0 Å². The largest absolute Gasteiger partial charge is 0.483 e. The fraction of sp³-hybridized carbons (Fsp3) is 0.227. The van der Waals surface area contributed by atoms with Crippen molar-refractivity contribution in [1.82, 2.24) is 5.32 Å². The molecule has 3 rings (SSSR count). The monoisotopic (exact) mass is 383 g/mol. The number of hydrogen-bond donors (Lipinski definition) is 3. The Hall–Kier alpha value is -2.96. The summed E-state index contributed by atoms with van der Waals surface area (Å²) in [5, 5.41) is 23.8. The summed E-state index contributed by atoms with van der Waals surface area (Å²) in [6.07, 6.45) is 0. The number of fused-ring (bicyclic) bond motifs is 1. The zero-order valence-electron chi connectivity index (χ0n) is 15.5. The molecular weight excluding hydrogens is 361 g/mol. The van der Waals surface area contributed by atoms with E-state index in [1.165, 1.54) is 0 Å². The highest BCUT2D eigenvalue weighted by Gasteiger charge is 2.15. The molecule has 0 bridgehead atoms. The summed E-state index contributed by atoms with van der Waals surface area (Å²) in [7, 11) is 0. The van der Waals surface area contributed by atoms with E-state index in [9.17, 15) is 19.4 Å². The lowest BCUT2D eigenvalue weighted by atomic mass is 10.0. The molecule has 0 aliphatic heterocycles. The number of carbonyl (C=O) groups is 1. The Morgan fingerprint density at radius 2 is 1.68 bits per heavy atom. The third-order valence-corrected chi connectivity index (χ3v) is 4.55. The Morgan fingerprint density at radius 1 is 1.04 bits per heavy atom. The van der Waals surface area contributed by atoms with Gasteiger partial charge in [-0.05, 0) is 41.5 Å². The molecule has 3 aromatic rings. The van der Waals surface area contributed by atoms with E-state index in [0.717, 1.165) is 28.5 Å². The molecule has 0 spiro atoms. The van der Waals surface area contributed by atoms with Crippen molar-refractivity contribution < 1.29 is 24.1 Å². The molecule has 3 N–H and O–H groups in total. The number of ether oxygens (including phenoxy) is 1. The molecule has 0 fully saturated rings. The quantitative estimate of drug-likeness (QED) is 0.585. The van der Waals surface area contributed by atoms with Gasteiger partial charge in [0.1, 0.15) is 11.6 Å². The van der Waals surface area contributed by atoms with Crippen molar-refractivity contribution in [2.45, 2.75) is 26.2 Å². The standard InChI is InChI=1S/C22H22FNO4/c1-14(16-7-6-15-4-2-3-5-17(15)8-16)24-21(27)13-28-22-18(11-25)9-20(23)10-19(22)12-26/h2-10,14,25-26H,11-13H2,1H3,(H,24,27). The van der Waals surface area contributed by atoms with Gasteiger partial charge in [-0.15, -0.1) is 0 Å². The van der Waals surface area contributed by atoms with Crippen LogP contribution in [0.5, 0.6) is 5.75 Å². The van der Waals surface area contributed by atoms with Gasteiger partial charge in [-0.2, -0.15) is 0 Å². The van der Waals surface area contributed by atoms with E-state index in [2.05, 4.69) is 5.32 Å². The first-order valence-electron chi connectivity index (χ1n) is 8.95. The topological polar surface area (TPSA) is 78.8 Å². The zero-order chi connectivity index (χ0) is 20.1. The summed E-state index contributed by atoms with van der Waals surface area (Å²) in [5.41, 5.74) is 1.32. The number of rotatable bonds is 7. The molecule has 0 aliphatic carbocycles. The first-order valence-corrected chi connectivity index (χ1v) is 8.95. The van der Waals surface area contributed by atoms with Crippen molar-refractivity contribution in [2.75, 3.05) is 6.61 Å². The SMILES string of the molecule is CC(NC(=O)COc1c(CO)cc(F)cc1CO)c1ccc2ccccc2c1. The normalized spacial score (nSPS) is 12.0. The van der Waals surface area contributed by atoms with Gasteiger partial charge >= 0.3 is 0 Å². The summed E-state index contributed by atoms with van der Waals surface area (Å²) in [4.78, 5) is 12.3. The number of aliphatic hydroxyl groups excluding tert-OH is 2. The van der Waals surface area contributed by atoms with Gasteiger partial charge in [0.2, 0.25) is 0 Å². The highest BCUT2D eigenvalue weighted by molar-refractivity contribution is 5.83. The molecule has 0 saturated carbocycles. The summed E-state index contributed by atoms with van der Waals surface area (Å²) in [6, 6.07) is 16.0. The number of halogens is 1. The second-order valence-corrected chi connectivity index (χ2v) is 6.55. The van der Waals surface area contributed by atoms with Gasteiger partial charge < -0.3 is 20.3 Å². The molecule has 0 aromatic heterocycles. The van der Waals surface area contributed by atoms with Crippen LogP contribution in [0.3, 0.4) is 0 Å². The van der Waals surface area contributed by atoms with E-state index in [1.807, 2.05) is 49.4 Å². The van der Waals surface area contributed by atoms with Crippen molar-refractivity contribution in [1.29, 1.82) is 0 Å². The minimum Gasteiger partial charge on any atom is -0.483 e. The van der Waals surface area contributed by atoms with E-state index in [-0.39, 0.29) is 35.4 Å². The third-order valence-electron chi connectivity index (χ3n) is 4.55. The van der Waals surface area contributed by atoms with Gasteiger partial charge in [0, 0.05) is 11.1 Å². The predicted molar refractivity (Wildman–Crippen MR) is 104 cm³/mol. The Bertz CT molecular complexity index is 964. The van der Waals surface area contributed by atoms with Gasteiger partial charge in [0.05, 0.1) is 19.3 Å². The Morgan fingerprint density at radius 3 is 2.32 bits per heavy atom. The summed E-state index contributed by atoms with van der Waals surface area (Å²) in [5.74, 6) is -0.826. The third kappa shape index (κ3) is 4.47. The molecule has 5 nitrogen and oxygen atoms in total. The van der Waals surface area contributed by atoms with Crippen LogP contribution in [-0.2, 0) is 18.0 Å². The summed E-state index contributed by atoms with van der Waals surface area (Å²) >= 11 is 0. The lowest BCUT2D eigenvalue weighted by Crippen LogP contribution is -2.31. The molecule has 146 valence electrons. The van der Waals surface area contributed by atoms with E-state index in [4.69, 9.17) is 4.74 Å². The lowest BCUT2D eigenvalue weighted by Gasteiger charge is -2.17. The number of nitrogens with one attached hydrogen (secondary N) is 1. The maximum Gasteiger partial charge on any atom is 0.258 e. The molecule has 1 unspecified atom stereocenters. The smallest absolute Gasteiger partial charge is 0.258 e. The number of benzene rings is 3. The lowest BCUT2D eigenvalue weighted by molar-refractivity contribution is -0.123. The molecule has 0 heterocycles. The predicted octanol–water partition coefficient (Wildman–Crippen LogP) is 3.22. The first-order chi connectivity index (χ1) is 13.5. The van der Waals surface area contributed by atoms with Gasteiger partial charge in [-0.25, -0.2) is 4.39 Å². The van der Waals surface area contributed by atoms with E-state index >= 15 is 0 Å². The van der Waals surface area contributed by atoms with Crippen LogP contribution in [0.1, 0.15) is 29.7 Å². The first kappa shape index (κ1) is 19.8. The highest BCUT2D eigenvalue weighted by atomic mass is 19.1. The average molecular weight is 383 g/mol. The van der Waals surface area contributed by atoms with Crippen LogP contribution in [-0.4, -0.2) is 22.7 Å². The molecule has 1 atom stereocenters. The number of carbonyl (C=O) groups excluding carboxylic acids is 1. The molecule has 28 heavy (non-hydrogen) atoms. The van der Waals surface area contributed by atoms with Crippen LogP contribution in [0.25, 0.3) is 10.8 Å². The number of amides is 1.